The molecule has 4 rings (SSSR count). The van der Waals surface area contributed by atoms with E-state index in [9.17, 15) is 19.2 Å². The van der Waals surface area contributed by atoms with E-state index in [1.54, 1.807) is 60.5 Å². The molecule has 1 unspecified atom stereocenters. The fourth-order valence-electron chi connectivity index (χ4n) is 5.00. The second kappa shape index (κ2) is 10.7. The van der Waals surface area contributed by atoms with Crippen LogP contribution in [0.2, 0.25) is 0 Å². The Labute approximate surface area is 205 Å². The van der Waals surface area contributed by atoms with Gasteiger partial charge in [0.25, 0.3) is 11.8 Å². The Bertz CT molecular complexity index is 1110. The van der Waals surface area contributed by atoms with Gasteiger partial charge in [-0.15, -0.1) is 0 Å². The summed E-state index contributed by atoms with van der Waals surface area (Å²) in [7, 11) is 1.54. The zero-order valence-corrected chi connectivity index (χ0v) is 20.2. The number of benzene rings is 2. The Balaban J connectivity index is 1.65. The summed E-state index contributed by atoms with van der Waals surface area (Å²) in [6, 6.07) is 12.5. The molecule has 0 spiro atoms. The molecule has 1 aliphatic heterocycles. The number of rotatable bonds is 6. The Hall–Kier alpha value is -3.68. The lowest BCUT2D eigenvalue weighted by molar-refractivity contribution is -0.123. The zero-order chi connectivity index (χ0) is 24.9. The minimum absolute atomic E-state index is 0.0571. The number of hydrogen-bond donors (Lipinski definition) is 1. The molecule has 0 radical (unpaired) electrons. The minimum atomic E-state index is -0.862. The molecule has 35 heavy (non-hydrogen) atoms. The summed E-state index contributed by atoms with van der Waals surface area (Å²) < 4.78 is 5.30. The van der Waals surface area contributed by atoms with Crippen LogP contribution in [0.3, 0.4) is 0 Å². The van der Waals surface area contributed by atoms with Gasteiger partial charge in [0.15, 0.2) is 0 Å². The molecule has 8 nitrogen and oxygen atoms in total. The molecule has 0 bridgehead atoms. The molecular weight excluding hydrogens is 446 g/mol. The Morgan fingerprint density at radius 1 is 1.00 bits per heavy atom. The fourth-order valence-corrected chi connectivity index (χ4v) is 5.00. The van der Waals surface area contributed by atoms with E-state index in [0.29, 0.717) is 22.7 Å². The predicted octanol–water partition coefficient (Wildman–Crippen LogP) is 4.15. The van der Waals surface area contributed by atoms with Crippen LogP contribution >= 0.6 is 0 Å². The third-order valence-corrected chi connectivity index (χ3v) is 6.67. The summed E-state index contributed by atoms with van der Waals surface area (Å²) in [4.78, 5) is 54.6. The standard InChI is InChI=1S/C27H31N3O5/c1-18(31)28-20-12-14-22(15-13-20)30-25(32)17-24(27(30)34)29(21-9-5-3-4-6-10-21)26(33)19-8-7-11-23(16-19)35-2/h7-8,11-16,21,24H,3-6,9-10,17H2,1-2H3,(H,28,31). The van der Waals surface area contributed by atoms with E-state index in [2.05, 4.69) is 5.32 Å². The topological polar surface area (TPSA) is 96.0 Å². The van der Waals surface area contributed by atoms with E-state index in [0.717, 1.165) is 43.4 Å². The minimum Gasteiger partial charge on any atom is -0.497 e. The first-order valence-corrected chi connectivity index (χ1v) is 12.1. The summed E-state index contributed by atoms with van der Waals surface area (Å²) in [5.74, 6) is -0.649. The number of hydrogen-bond acceptors (Lipinski definition) is 5. The Morgan fingerprint density at radius 3 is 2.31 bits per heavy atom. The van der Waals surface area contributed by atoms with Crippen LogP contribution in [0.5, 0.6) is 5.75 Å². The lowest BCUT2D eigenvalue weighted by Crippen LogP contribution is -2.50. The molecule has 2 fully saturated rings. The monoisotopic (exact) mass is 477 g/mol. The van der Waals surface area contributed by atoms with Gasteiger partial charge in [0.2, 0.25) is 11.8 Å². The fraction of sp³-hybridized carbons (Fsp3) is 0.407. The molecule has 1 saturated carbocycles. The number of ether oxygens (including phenoxy) is 1. The molecule has 2 aromatic rings. The highest BCUT2D eigenvalue weighted by atomic mass is 16.5. The zero-order valence-electron chi connectivity index (χ0n) is 20.2. The van der Waals surface area contributed by atoms with E-state index in [1.807, 2.05) is 0 Å². The number of methoxy groups -OCH3 is 1. The highest BCUT2D eigenvalue weighted by molar-refractivity contribution is 6.23. The Morgan fingerprint density at radius 2 is 1.69 bits per heavy atom. The van der Waals surface area contributed by atoms with Crippen molar-refractivity contribution in [3.8, 4) is 5.75 Å². The number of carbonyl (C=O) groups is 4. The van der Waals surface area contributed by atoms with Crippen molar-refractivity contribution in [2.75, 3.05) is 17.3 Å². The third kappa shape index (κ3) is 5.37. The van der Waals surface area contributed by atoms with Crippen molar-refractivity contribution in [2.24, 2.45) is 0 Å². The van der Waals surface area contributed by atoms with Gasteiger partial charge >= 0.3 is 0 Å². The van der Waals surface area contributed by atoms with Gasteiger partial charge in [-0.3, -0.25) is 19.2 Å². The van der Waals surface area contributed by atoms with Gasteiger partial charge < -0.3 is 15.0 Å². The molecule has 1 aliphatic carbocycles. The van der Waals surface area contributed by atoms with Crippen molar-refractivity contribution in [2.45, 2.75) is 64.0 Å². The largest absolute Gasteiger partial charge is 0.497 e. The van der Waals surface area contributed by atoms with Crippen molar-refractivity contribution in [1.29, 1.82) is 0 Å². The van der Waals surface area contributed by atoms with Crippen LogP contribution in [-0.2, 0) is 14.4 Å². The maximum atomic E-state index is 13.8. The van der Waals surface area contributed by atoms with Crippen LogP contribution in [0.1, 0.15) is 62.2 Å². The van der Waals surface area contributed by atoms with Gasteiger partial charge in [0.05, 0.1) is 19.2 Å². The van der Waals surface area contributed by atoms with E-state index in [1.165, 1.54) is 6.92 Å². The first kappa shape index (κ1) is 24.4. The number of nitrogens with zero attached hydrogens (tertiary/aromatic N) is 2. The maximum Gasteiger partial charge on any atom is 0.257 e. The molecule has 4 amide bonds. The van der Waals surface area contributed by atoms with Crippen LogP contribution in [0.15, 0.2) is 48.5 Å². The molecule has 1 heterocycles. The van der Waals surface area contributed by atoms with Crippen molar-refractivity contribution in [3.05, 3.63) is 54.1 Å². The summed E-state index contributed by atoms with van der Waals surface area (Å²) in [5, 5.41) is 2.67. The smallest absolute Gasteiger partial charge is 0.257 e. The second-order valence-electron chi connectivity index (χ2n) is 9.11. The van der Waals surface area contributed by atoms with E-state index in [-0.39, 0.29) is 30.2 Å². The first-order chi connectivity index (χ1) is 16.9. The lowest BCUT2D eigenvalue weighted by Gasteiger charge is -2.35. The highest BCUT2D eigenvalue weighted by Crippen LogP contribution is 2.32. The predicted molar refractivity (Wildman–Crippen MR) is 132 cm³/mol. The molecule has 2 aliphatic rings. The van der Waals surface area contributed by atoms with Gasteiger partial charge in [0, 0.05) is 24.2 Å². The van der Waals surface area contributed by atoms with Crippen molar-refractivity contribution < 1.29 is 23.9 Å². The van der Waals surface area contributed by atoms with Gasteiger partial charge in [0.1, 0.15) is 11.8 Å². The molecule has 0 aromatic heterocycles. The number of anilines is 2. The molecule has 1 N–H and O–H groups in total. The van der Waals surface area contributed by atoms with Crippen molar-refractivity contribution in [1.82, 2.24) is 4.90 Å². The summed E-state index contributed by atoms with van der Waals surface area (Å²) >= 11 is 0. The SMILES string of the molecule is COc1cccc(C(=O)N(C2CCCCCC2)C2CC(=O)N(c3ccc(NC(C)=O)cc3)C2=O)c1. The van der Waals surface area contributed by atoms with Crippen LogP contribution in [0.4, 0.5) is 11.4 Å². The van der Waals surface area contributed by atoms with E-state index in [4.69, 9.17) is 4.74 Å². The normalized spacial score (nSPS) is 18.8. The lowest BCUT2D eigenvalue weighted by atomic mass is 10.0. The van der Waals surface area contributed by atoms with E-state index < -0.39 is 11.9 Å². The molecule has 1 atom stereocenters. The second-order valence-corrected chi connectivity index (χ2v) is 9.11. The molecule has 184 valence electrons. The number of nitrogens with one attached hydrogen (secondary N) is 1. The van der Waals surface area contributed by atoms with Gasteiger partial charge in [-0.05, 0) is 55.3 Å². The van der Waals surface area contributed by atoms with Crippen molar-refractivity contribution in [3.63, 3.8) is 0 Å². The van der Waals surface area contributed by atoms with Crippen LogP contribution < -0.4 is 15.0 Å². The quantitative estimate of drug-likeness (QED) is 0.498. The summed E-state index contributed by atoms with van der Waals surface area (Å²) in [6.45, 7) is 1.41. The molecule has 8 heteroatoms. The van der Waals surface area contributed by atoms with E-state index >= 15 is 0 Å². The van der Waals surface area contributed by atoms with Crippen molar-refractivity contribution >= 4 is 35.0 Å². The Kier molecular flexibility index (Phi) is 7.48. The molecular formula is C27H31N3O5. The van der Waals surface area contributed by atoms with Gasteiger partial charge in [-0.2, -0.15) is 0 Å². The number of amides is 4. The highest BCUT2D eigenvalue weighted by Gasteiger charge is 2.46. The number of carbonyl (C=O) groups excluding carboxylic acids is 4. The molecule has 1 saturated heterocycles. The first-order valence-electron chi connectivity index (χ1n) is 12.1. The molecule has 2 aromatic carbocycles. The van der Waals surface area contributed by atoms with Crippen LogP contribution in [0.25, 0.3) is 0 Å². The van der Waals surface area contributed by atoms with Crippen LogP contribution in [0, 0.1) is 0 Å². The maximum absolute atomic E-state index is 13.8. The summed E-state index contributed by atoms with van der Waals surface area (Å²) in [5.41, 5.74) is 1.43. The van der Waals surface area contributed by atoms with Gasteiger partial charge in [-0.25, -0.2) is 4.90 Å². The van der Waals surface area contributed by atoms with Gasteiger partial charge in [-0.1, -0.05) is 31.7 Å². The average molecular weight is 478 g/mol. The summed E-state index contributed by atoms with van der Waals surface area (Å²) in [6.07, 6.45) is 5.71. The number of imide groups is 1. The van der Waals surface area contributed by atoms with Crippen LogP contribution in [-0.4, -0.2) is 47.7 Å². The average Bonchev–Trinajstić information content (AvgIpc) is 3.01. The third-order valence-electron chi connectivity index (χ3n) is 6.67.